The highest BCUT2D eigenvalue weighted by Crippen LogP contribution is 2.35. The molecule has 0 aromatic heterocycles. The van der Waals surface area contributed by atoms with Gasteiger partial charge in [-0.2, -0.15) is 0 Å². The molecule has 0 bridgehead atoms. The predicted octanol–water partition coefficient (Wildman–Crippen LogP) is 2.95. The van der Waals surface area contributed by atoms with Crippen LogP contribution < -0.4 is 9.47 Å². The van der Waals surface area contributed by atoms with Gasteiger partial charge in [0.15, 0.2) is 11.6 Å². The summed E-state index contributed by atoms with van der Waals surface area (Å²) in [5.41, 5.74) is 0. The SMILES string of the molecule is CCOc1ccc(OC)c(F)c1SC. The summed E-state index contributed by atoms with van der Waals surface area (Å²) in [6.07, 6.45) is 1.81. The number of thioether (sulfide) groups is 1. The third kappa shape index (κ3) is 2.12. The number of hydrogen-bond acceptors (Lipinski definition) is 3. The second-order valence-electron chi connectivity index (χ2n) is 2.55. The van der Waals surface area contributed by atoms with Gasteiger partial charge in [0.05, 0.1) is 18.6 Å². The first-order valence-electron chi connectivity index (χ1n) is 4.27. The van der Waals surface area contributed by atoms with Gasteiger partial charge in [-0.05, 0) is 25.3 Å². The number of methoxy groups -OCH3 is 1. The second-order valence-corrected chi connectivity index (χ2v) is 3.36. The number of hydrogen-bond donors (Lipinski definition) is 0. The third-order valence-electron chi connectivity index (χ3n) is 1.75. The third-order valence-corrected chi connectivity index (χ3v) is 2.54. The highest BCUT2D eigenvalue weighted by atomic mass is 32.2. The number of benzene rings is 1. The Morgan fingerprint density at radius 1 is 1.36 bits per heavy atom. The minimum absolute atomic E-state index is 0.248. The number of ether oxygens (including phenoxy) is 2. The lowest BCUT2D eigenvalue weighted by atomic mass is 10.3. The normalized spacial score (nSPS) is 10.0. The smallest absolute Gasteiger partial charge is 0.182 e. The summed E-state index contributed by atoms with van der Waals surface area (Å²) in [6, 6.07) is 3.29. The molecule has 0 atom stereocenters. The molecule has 1 aromatic rings. The van der Waals surface area contributed by atoms with Crippen LogP contribution in [0.5, 0.6) is 11.5 Å². The van der Waals surface area contributed by atoms with E-state index in [0.717, 1.165) is 0 Å². The highest BCUT2D eigenvalue weighted by Gasteiger charge is 2.13. The van der Waals surface area contributed by atoms with Crippen molar-refractivity contribution in [2.75, 3.05) is 20.0 Å². The molecule has 0 amide bonds. The first-order chi connectivity index (χ1) is 6.74. The molecule has 0 spiro atoms. The second kappa shape index (κ2) is 5.10. The maximum Gasteiger partial charge on any atom is 0.182 e. The molecular formula is C10H13FO2S. The van der Waals surface area contributed by atoms with Gasteiger partial charge in [-0.3, -0.25) is 0 Å². The first-order valence-corrected chi connectivity index (χ1v) is 5.50. The van der Waals surface area contributed by atoms with Crippen molar-refractivity contribution in [1.82, 2.24) is 0 Å². The Balaban J connectivity index is 3.14. The van der Waals surface area contributed by atoms with Crippen molar-refractivity contribution in [2.45, 2.75) is 11.8 Å². The van der Waals surface area contributed by atoms with Crippen molar-refractivity contribution in [2.24, 2.45) is 0 Å². The van der Waals surface area contributed by atoms with Crippen LogP contribution in [-0.4, -0.2) is 20.0 Å². The molecule has 0 aliphatic carbocycles. The molecule has 14 heavy (non-hydrogen) atoms. The van der Waals surface area contributed by atoms with Crippen molar-refractivity contribution in [3.63, 3.8) is 0 Å². The minimum atomic E-state index is -0.356. The summed E-state index contributed by atoms with van der Waals surface area (Å²) in [4.78, 5) is 0.492. The molecular weight excluding hydrogens is 203 g/mol. The largest absolute Gasteiger partial charge is 0.494 e. The van der Waals surface area contributed by atoms with Crippen molar-refractivity contribution in [3.05, 3.63) is 17.9 Å². The molecule has 0 aliphatic rings. The van der Waals surface area contributed by atoms with E-state index >= 15 is 0 Å². The molecule has 78 valence electrons. The van der Waals surface area contributed by atoms with Crippen molar-refractivity contribution in [3.8, 4) is 11.5 Å². The zero-order valence-corrected chi connectivity index (χ0v) is 9.28. The summed E-state index contributed by atoms with van der Waals surface area (Å²) < 4.78 is 23.8. The van der Waals surface area contributed by atoms with Gasteiger partial charge in [-0.1, -0.05) is 0 Å². The van der Waals surface area contributed by atoms with Gasteiger partial charge < -0.3 is 9.47 Å². The maximum atomic E-state index is 13.6. The molecule has 0 N–H and O–H groups in total. The first kappa shape index (κ1) is 11.2. The average Bonchev–Trinajstić information content (AvgIpc) is 2.19. The van der Waals surface area contributed by atoms with E-state index in [-0.39, 0.29) is 11.6 Å². The molecule has 0 unspecified atom stereocenters. The van der Waals surface area contributed by atoms with Crippen LogP contribution in [0.1, 0.15) is 6.92 Å². The molecule has 0 radical (unpaired) electrons. The Morgan fingerprint density at radius 3 is 2.50 bits per heavy atom. The summed E-state index contributed by atoms with van der Waals surface area (Å²) in [6.45, 7) is 2.39. The van der Waals surface area contributed by atoms with Gasteiger partial charge >= 0.3 is 0 Å². The van der Waals surface area contributed by atoms with Crippen LogP contribution in [-0.2, 0) is 0 Å². The molecule has 0 fully saturated rings. The van der Waals surface area contributed by atoms with Gasteiger partial charge in [-0.15, -0.1) is 11.8 Å². The van der Waals surface area contributed by atoms with Gasteiger partial charge in [0.25, 0.3) is 0 Å². The molecule has 1 rings (SSSR count). The fourth-order valence-electron chi connectivity index (χ4n) is 1.14. The Kier molecular flexibility index (Phi) is 4.07. The lowest BCUT2D eigenvalue weighted by Gasteiger charge is -2.11. The summed E-state index contributed by atoms with van der Waals surface area (Å²) in [5.74, 6) is 0.460. The summed E-state index contributed by atoms with van der Waals surface area (Å²) in [7, 11) is 1.45. The van der Waals surface area contributed by atoms with Crippen LogP contribution in [0.2, 0.25) is 0 Å². The van der Waals surface area contributed by atoms with Crippen molar-refractivity contribution >= 4 is 11.8 Å². The maximum absolute atomic E-state index is 13.6. The predicted molar refractivity (Wildman–Crippen MR) is 55.9 cm³/mol. The van der Waals surface area contributed by atoms with Gasteiger partial charge in [0.1, 0.15) is 5.75 Å². The number of rotatable bonds is 4. The number of halogens is 1. The standard InChI is InChI=1S/C10H13FO2S/c1-4-13-8-6-5-7(12-2)9(11)10(8)14-3/h5-6H,4H2,1-3H3. The van der Waals surface area contributed by atoms with Crippen LogP contribution in [0.15, 0.2) is 17.0 Å². The van der Waals surface area contributed by atoms with Crippen molar-refractivity contribution < 1.29 is 13.9 Å². The van der Waals surface area contributed by atoms with Crippen LogP contribution in [0.25, 0.3) is 0 Å². The van der Waals surface area contributed by atoms with Gasteiger partial charge in [0, 0.05) is 0 Å². The summed E-state index contributed by atoms with van der Waals surface area (Å²) in [5, 5.41) is 0. The molecule has 0 saturated carbocycles. The minimum Gasteiger partial charge on any atom is -0.494 e. The Hall–Kier alpha value is -0.900. The molecule has 0 aliphatic heterocycles. The average molecular weight is 216 g/mol. The zero-order chi connectivity index (χ0) is 10.6. The topological polar surface area (TPSA) is 18.5 Å². The van der Waals surface area contributed by atoms with E-state index in [1.165, 1.54) is 18.9 Å². The quantitative estimate of drug-likeness (QED) is 0.721. The lowest BCUT2D eigenvalue weighted by molar-refractivity contribution is 0.322. The van der Waals surface area contributed by atoms with Gasteiger partial charge in [-0.25, -0.2) is 4.39 Å². The van der Waals surface area contributed by atoms with E-state index in [1.54, 1.807) is 18.4 Å². The Morgan fingerprint density at radius 2 is 2.00 bits per heavy atom. The highest BCUT2D eigenvalue weighted by molar-refractivity contribution is 7.98. The van der Waals surface area contributed by atoms with E-state index in [2.05, 4.69) is 0 Å². The Labute approximate surface area is 87.4 Å². The van der Waals surface area contributed by atoms with Crippen LogP contribution in [0.3, 0.4) is 0 Å². The van der Waals surface area contributed by atoms with Crippen LogP contribution in [0.4, 0.5) is 4.39 Å². The van der Waals surface area contributed by atoms with E-state index in [4.69, 9.17) is 9.47 Å². The van der Waals surface area contributed by atoms with Crippen LogP contribution in [0, 0.1) is 5.82 Å². The van der Waals surface area contributed by atoms with E-state index in [0.29, 0.717) is 17.3 Å². The van der Waals surface area contributed by atoms with E-state index < -0.39 is 0 Å². The monoisotopic (exact) mass is 216 g/mol. The van der Waals surface area contributed by atoms with Gasteiger partial charge in [0.2, 0.25) is 0 Å². The summed E-state index contributed by atoms with van der Waals surface area (Å²) >= 11 is 1.31. The Bertz CT molecular complexity index is 315. The van der Waals surface area contributed by atoms with Crippen LogP contribution >= 0.6 is 11.8 Å². The lowest BCUT2D eigenvalue weighted by Crippen LogP contribution is -1.97. The molecule has 1 aromatic carbocycles. The molecule has 0 heterocycles. The van der Waals surface area contributed by atoms with Crippen molar-refractivity contribution in [1.29, 1.82) is 0 Å². The fraction of sp³-hybridized carbons (Fsp3) is 0.400. The fourth-order valence-corrected chi connectivity index (χ4v) is 1.75. The molecule has 4 heteroatoms. The zero-order valence-electron chi connectivity index (χ0n) is 8.46. The molecule has 2 nitrogen and oxygen atoms in total. The molecule has 0 saturated heterocycles. The van der Waals surface area contributed by atoms with E-state index in [9.17, 15) is 4.39 Å². The van der Waals surface area contributed by atoms with E-state index in [1.807, 2.05) is 6.92 Å².